The highest BCUT2D eigenvalue weighted by Crippen LogP contribution is 2.33. The Morgan fingerprint density at radius 1 is 1.47 bits per heavy atom. The highest BCUT2D eigenvalue weighted by Gasteiger charge is 2.27. The normalized spacial score (nSPS) is 17.9. The quantitative estimate of drug-likeness (QED) is 0.862. The molecule has 5 nitrogen and oxygen atoms in total. The summed E-state index contributed by atoms with van der Waals surface area (Å²) >= 11 is 0. The van der Waals surface area contributed by atoms with Gasteiger partial charge < -0.3 is 15.3 Å². The fourth-order valence-electron chi connectivity index (χ4n) is 2.22. The standard InChI is InChI=1S/C14H18N2O3/c1-9(13(17)18)16(2)14(19)15-8-11-7-10-5-3-4-6-12(10)11/h3-6,9,11H,7-8H2,1-2H3,(H,15,19)(H,17,18). The van der Waals surface area contributed by atoms with Crippen molar-refractivity contribution in [2.24, 2.45) is 0 Å². The molecule has 1 aromatic rings. The van der Waals surface area contributed by atoms with Crippen LogP contribution in [0.4, 0.5) is 4.79 Å². The fraction of sp³-hybridized carbons (Fsp3) is 0.429. The Morgan fingerprint density at radius 2 is 2.16 bits per heavy atom. The van der Waals surface area contributed by atoms with Crippen molar-refractivity contribution < 1.29 is 14.7 Å². The third kappa shape index (κ3) is 2.70. The summed E-state index contributed by atoms with van der Waals surface area (Å²) in [7, 11) is 1.49. The molecular weight excluding hydrogens is 244 g/mol. The Balaban J connectivity index is 1.84. The van der Waals surface area contributed by atoms with Crippen LogP contribution in [-0.2, 0) is 11.2 Å². The number of nitrogens with zero attached hydrogens (tertiary/aromatic N) is 1. The van der Waals surface area contributed by atoms with E-state index in [1.807, 2.05) is 12.1 Å². The zero-order chi connectivity index (χ0) is 14.0. The lowest BCUT2D eigenvalue weighted by atomic mass is 9.78. The van der Waals surface area contributed by atoms with Crippen LogP contribution in [0.5, 0.6) is 0 Å². The van der Waals surface area contributed by atoms with E-state index in [1.165, 1.54) is 30.0 Å². The molecule has 2 N–H and O–H groups in total. The van der Waals surface area contributed by atoms with Crippen LogP contribution in [-0.4, -0.2) is 41.6 Å². The van der Waals surface area contributed by atoms with Gasteiger partial charge in [0, 0.05) is 19.5 Å². The second-order valence-electron chi connectivity index (χ2n) is 4.91. The molecule has 1 aromatic carbocycles. The molecule has 5 heteroatoms. The Bertz CT molecular complexity index is 501. The summed E-state index contributed by atoms with van der Waals surface area (Å²) in [6.07, 6.45) is 0.967. The molecule has 0 saturated heterocycles. The molecule has 0 aromatic heterocycles. The molecule has 0 bridgehead atoms. The molecule has 1 aliphatic carbocycles. The highest BCUT2D eigenvalue weighted by molar-refractivity contribution is 5.82. The van der Waals surface area contributed by atoms with E-state index in [0.717, 1.165) is 6.42 Å². The number of carboxylic acid groups (broad SMARTS) is 1. The van der Waals surface area contributed by atoms with E-state index in [-0.39, 0.29) is 6.03 Å². The number of carboxylic acids is 1. The maximum absolute atomic E-state index is 11.8. The SMILES string of the molecule is CC(C(=O)O)N(C)C(=O)NCC1Cc2ccccc21. The topological polar surface area (TPSA) is 69.6 Å². The number of nitrogens with one attached hydrogen (secondary N) is 1. The number of aliphatic carboxylic acids is 1. The van der Waals surface area contributed by atoms with Gasteiger partial charge in [-0.3, -0.25) is 0 Å². The van der Waals surface area contributed by atoms with Crippen molar-refractivity contribution in [3.63, 3.8) is 0 Å². The smallest absolute Gasteiger partial charge is 0.326 e. The molecule has 0 aliphatic heterocycles. The van der Waals surface area contributed by atoms with E-state index in [4.69, 9.17) is 5.11 Å². The zero-order valence-corrected chi connectivity index (χ0v) is 11.1. The monoisotopic (exact) mass is 262 g/mol. The number of urea groups is 1. The van der Waals surface area contributed by atoms with E-state index in [2.05, 4.69) is 17.4 Å². The van der Waals surface area contributed by atoms with Gasteiger partial charge in [0.05, 0.1) is 0 Å². The first-order valence-corrected chi connectivity index (χ1v) is 6.32. The van der Waals surface area contributed by atoms with Gasteiger partial charge in [-0.15, -0.1) is 0 Å². The van der Waals surface area contributed by atoms with E-state index in [1.54, 1.807) is 0 Å². The highest BCUT2D eigenvalue weighted by atomic mass is 16.4. The third-order valence-electron chi connectivity index (χ3n) is 3.72. The van der Waals surface area contributed by atoms with Crippen LogP contribution in [0.1, 0.15) is 24.0 Å². The first-order chi connectivity index (χ1) is 9.00. The van der Waals surface area contributed by atoms with Crippen molar-refractivity contribution in [1.82, 2.24) is 10.2 Å². The zero-order valence-electron chi connectivity index (χ0n) is 11.1. The van der Waals surface area contributed by atoms with Crippen molar-refractivity contribution in [2.75, 3.05) is 13.6 Å². The molecule has 102 valence electrons. The first-order valence-electron chi connectivity index (χ1n) is 6.32. The molecular formula is C14H18N2O3. The number of hydrogen-bond acceptors (Lipinski definition) is 2. The van der Waals surface area contributed by atoms with Gasteiger partial charge in [0.1, 0.15) is 6.04 Å². The molecule has 0 saturated carbocycles. The van der Waals surface area contributed by atoms with Gasteiger partial charge in [-0.1, -0.05) is 24.3 Å². The van der Waals surface area contributed by atoms with Crippen molar-refractivity contribution in [2.45, 2.75) is 25.3 Å². The van der Waals surface area contributed by atoms with E-state index >= 15 is 0 Å². The lowest BCUT2D eigenvalue weighted by Crippen LogP contribution is -2.47. The number of carbonyl (C=O) groups is 2. The Hall–Kier alpha value is -2.04. The van der Waals surface area contributed by atoms with Crippen LogP contribution in [0, 0.1) is 0 Å². The third-order valence-corrected chi connectivity index (χ3v) is 3.72. The average molecular weight is 262 g/mol. The van der Waals surface area contributed by atoms with E-state index in [0.29, 0.717) is 12.5 Å². The average Bonchev–Trinajstić information content (AvgIpc) is 2.37. The minimum atomic E-state index is -1.01. The van der Waals surface area contributed by atoms with Crippen LogP contribution in [0.25, 0.3) is 0 Å². The Morgan fingerprint density at radius 3 is 2.79 bits per heavy atom. The van der Waals surface area contributed by atoms with Gasteiger partial charge >= 0.3 is 12.0 Å². The molecule has 2 rings (SSSR count). The van der Waals surface area contributed by atoms with Gasteiger partial charge in [0.15, 0.2) is 0 Å². The summed E-state index contributed by atoms with van der Waals surface area (Å²) in [6.45, 7) is 2.03. The van der Waals surface area contributed by atoms with Gasteiger partial charge in [0.25, 0.3) is 0 Å². The second kappa shape index (κ2) is 5.30. The fourth-order valence-corrected chi connectivity index (χ4v) is 2.22. The number of amides is 2. The van der Waals surface area contributed by atoms with Gasteiger partial charge in [-0.25, -0.2) is 9.59 Å². The maximum Gasteiger partial charge on any atom is 0.326 e. The summed E-state index contributed by atoms with van der Waals surface area (Å²) in [5, 5.41) is 11.6. The van der Waals surface area contributed by atoms with Crippen molar-refractivity contribution in [3.05, 3.63) is 35.4 Å². The minimum absolute atomic E-state index is 0.341. The molecule has 0 fully saturated rings. The van der Waals surface area contributed by atoms with Crippen LogP contribution in [0.15, 0.2) is 24.3 Å². The Labute approximate surface area is 112 Å². The van der Waals surface area contributed by atoms with Crippen LogP contribution in [0.2, 0.25) is 0 Å². The summed E-state index contributed by atoms with van der Waals surface area (Å²) in [4.78, 5) is 23.8. The lowest BCUT2D eigenvalue weighted by molar-refractivity contribution is -0.141. The molecule has 0 spiro atoms. The number of carbonyl (C=O) groups excluding carboxylic acids is 1. The van der Waals surface area contributed by atoms with Crippen molar-refractivity contribution >= 4 is 12.0 Å². The number of hydrogen-bond donors (Lipinski definition) is 2. The first kappa shape index (κ1) is 13.4. The van der Waals surface area contributed by atoms with Crippen LogP contribution in [0.3, 0.4) is 0 Å². The summed E-state index contributed by atoms with van der Waals surface area (Å²) in [6, 6.07) is 6.99. The van der Waals surface area contributed by atoms with Crippen molar-refractivity contribution in [1.29, 1.82) is 0 Å². The lowest BCUT2D eigenvalue weighted by Gasteiger charge is -2.31. The molecule has 1 aliphatic rings. The van der Waals surface area contributed by atoms with Gasteiger partial charge in [-0.05, 0) is 24.5 Å². The summed E-state index contributed by atoms with van der Waals surface area (Å²) in [5.41, 5.74) is 2.60. The second-order valence-corrected chi connectivity index (χ2v) is 4.91. The van der Waals surface area contributed by atoms with Crippen LogP contribution >= 0.6 is 0 Å². The summed E-state index contributed by atoms with van der Waals surface area (Å²) in [5.74, 6) is -0.666. The number of benzene rings is 1. The van der Waals surface area contributed by atoms with E-state index < -0.39 is 12.0 Å². The Kier molecular flexibility index (Phi) is 3.74. The number of rotatable bonds is 4. The van der Waals surface area contributed by atoms with Crippen LogP contribution < -0.4 is 5.32 Å². The molecule has 2 atom stereocenters. The molecule has 2 unspecified atom stereocenters. The van der Waals surface area contributed by atoms with E-state index in [9.17, 15) is 9.59 Å². The van der Waals surface area contributed by atoms with Gasteiger partial charge in [-0.2, -0.15) is 0 Å². The molecule has 2 amide bonds. The molecule has 0 radical (unpaired) electrons. The minimum Gasteiger partial charge on any atom is -0.480 e. The van der Waals surface area contributed by atoms with Gasteiger partial charge in [0.2, 0.25) is 0 Å². The summed E-state index contributed by atoms with van der Waals surface area (Å²) < 4.78 is 0. The molecule has 19 heavy (non-hydrogen) atoms. The maximum atomic E-state index is 11.8. The number of likely N-dealkylation sites (N-methyl/N-ethyl adjacent to an activating group) is 1. The predicted molar refractivity (Wildman–Crippen MR) is 71.1 cm³/mol. The van der Waals surface area contributed by atoms with Crippen molar-refractivity contribution in [3.8, 4) is 0 Å². The molecule has 0 heterocycles. The predicted octanol–water partition coefficient (Wildman–Crippen LogP) is 1.44. The number of fused-ring (bicyclic) bond motifs is 1. The largest absolute Gasteiger partial charge is 0.480 e.